The van der Waals surface area contributed by atoms with Crippen LogP contribution >= 0.6 is 11.6 Å². The van der Waals surface area contributed by atoms with E-state index in [0.29, 0.717) is 11.6 Å². The molecule has 0 saturated heterocycles. The van der Waals surface area contributed by atoms with Crippen molar-refractivity contribution in [2.45, 2.75) is 19.3 Å². The van der Waals surface area contributed by atoms with E-state index >= 15 is 0 Å². The summed E-state index contributed by atoms with van der Waals surface area (Å²) in [5.41, 5.74) is 0.707. The summed E-state index contributed by atoms with van der Waals surface area (Å²) in [4.78, 5) is 15.5. The number of aromatic nitrogens is 1. The molecule has 100 valence electrons. The lowest BCUT2D eigenvalue weighted by Gasteiger charge is -2.27. The highest BCUT2D eigenvalue weighted by molar-refractivity contribution is 6.30. The summed E-state index contributed by atoms with van der Waals surface area (Å²) in [7, 11) is 0. The van der Waals surface area contributed by atoms with Gasteiger partial charge >= 0.3 is 5.97 Å². The van der Waals surface area contributed by atoms with Crippen molar-refractivity contribution in [1.82, 2.24) is 4.98 Å². The third kappa shape index (κ3) is 2.51. The number of nitrogens with one attached hydrogen (secondary N) is 1. The first kappa shape index (κ1) is 13.7. The Morgan fingerprint density at radius 1 is 1.37 bits per heavy atom. The first-order valence-corrected chi connectivity index (χ1v) is 6.54. The van der Waals surface area contributed by atoms with Gasteiger partial charge in [0.25, 0.3) is 0 Å². The molecule has 0 aliphatic rings. The number of ether oxygens (including phenoxy) is 1. The lowest BCUT2D eigenvalue weighted by Crippen LogP contribution is -2.36. The molecule has 1 unspecified atom stereocenters. The van der Waals surface area contributed by atoms with E-state index in [4.69, 9.17) is 16.3 Å². The zero-order valence-electron chi connectivity index (χ0n) is 10.9. The second-order valence-corrected chi connectivity index (χ2v) is 4.88. The summed E-state index contributed by atoms with van der Waals surface area (Å²) >= 11 is 6.03. The van der Waals surface area contributed by atoms with E-state index in [2.05, 4.69) is 4.98 Å². The highest BCUT2D eigenvalue weighted by atomic mass is 35.5. The van der Waals surface area contributed by atoms with E-state index in [1.807, 2.05) is 31.2 Å². The maximum Gasteiger partial charge on any atom is 0.322 e. The van der Waals surface area contributed by atoms with Crippen LogP contribution in [0.3, 0.4) is 0 Å². The van der Waals surface area contributed by atoms with Gasteiger partial charge in [0.1, 0.15) is 5.41 Å². The zero-order valence-corrected chi connectivity index (χ0v) is 11.7. The van der Waals surface area contributed by atoms with Gasteiger partial charge < -0.3 is 9.72 Å². The van der Waals surface area contributed by atoms with Gasteiger partial charge in [-0.1, -0.05) is 23.7 Å². The maximum absolute atomic E-state index is 12.4. The van der Waals surface area contributed by atoms with Gasteiger partial charge in [0.05, 0.1) is 6.61 Å². The molecule has 0 amide bonds. The van der Waals surface area contributed by atoms with Gasteiger partial charge in [-0.25, -0.2) is 0 Å². The smallest absolute Gasteiger partial charge is 0.322 e. The van der Waals surface area contributed by atoms with Gasteiger partial charge in [0.2, 0.25) is 0 Å². The molecule has 0 fully saturated rings. The Morgan fingerprint density at radius 3 is 2.74 bits per heavy atom. The average molecular weight is 278 g/mol. The predicted molar refractivity (Wildman–Crippen MR) is 75.3 cm³/mol. The number of carbonyl (C=O) groups is 1. The second-order valence-electron chi connectivity index (χ2n) is 4.44. The first-order chi connectivity index (χ1) is 9.09. The van der Waals surface area contributed by atoms with Crippen molar-refractivity contribution in [2.75, 3.05) is 6.61 Å². The van der Waals surface area contributed by atoms with Crippen LogP contribution in [0.1, 0.15) is 25.1 Å². The number of hydrogen-bond donors (Lipinski definition) is 1. The van der Waals surface area contributed by atoms with Crippen molar-refractivity contribution in [3.05, 3.63) is 58.9 Å². The summed E-state index contributed by atoms with van der Waals surface area (Å²) in [5, 5.41) is 0.597. The van der Waals surface area contributed by atoms with Crippen molar-refractivity contribution in [3.8, 4) is 0 Å². The Labute approximate surface area is 117 Å². The minimum atomic E-state index is -0.885. The average Bonchev–Trinajstić information content (AvgIpc) is 2.92. The summed E-state index contributed by atoms with van der Waals surface area (Å²) in [6.07, 6.45) is 1.79. The molecule has 1 aromatic heterocycles. The van der Waals surface area contributed by atoms with E-state index in [1.165, 1.54) is 0 Å². The molecule has 3 nitrogen and oxygen atoms in total. The van der Waals surface area contributed by atoms with Crippen molar-refractivity contribution >= 4 is 17.6 Å². The number of aromatic amines is 1. The Bertz CT molecular complexity index is 565. The van der Waals surface area contributed by atoms with Crippen LogP contribution in [0, 0.1) is 0 Å². The fraction of sp³-hybridized carbons (Fsp3) is 0.267. The third-order valence-electron chi connectivity index (χ3n) is 3.22. The zero-order chi connectivity index (χ0) is 13.9. The normalized spacial score (nSPS) is 13.8. The molecule has 4 heteroatoms. The molecule has 1 aromatic carbocycles. The van der Waals surface area contributed by atoms with Crippen molar-refractivity contribution in [3.63, 3.8) is 0 Å². The number of H-pyrrole nitrogens is 1. The van der Waals surface area contributed by atoms with Gasteiger partial charge in [-0.05, 0) is 43.7 Å². The lowest BCUT2D eigenvalue weighted by atomic mass is 9.79. The highest BCUT2D eigenvalue weighted by Gasteiger charge is 2.39. The molecule has 2 aromatic rings. The molecule has 0 saturated carbocycles. The molecule has 0 spiro atoms. The Kier molecular flexibility index (Phi) is 3.96. The van der Waals surface area contributed by atoms with Crippen LogP contribution in [0.15, 0.2) is 42.6 Å². The fourth-order valence-electron chi connectivity index (χ4n) is 2.10. The molecule has 0 bridgehead atoms. The van der Waals surface area contributed by atoms with Crippen LogP contribution in [0.4, 0.5) is 0 Å². The summed E-state index contributed by atoms with van der Waals surface area (Å²) in [6.45, 7) is 3.98. The summed E-state index contributed by atoms with van der Waals surface area (Å²) in [6, 6.07) is 11.0. The van der Waals surface area contributed by atoms with E-state index < -0.39 is 5.41 Å². The maximum atomic E-state index is 12.4. The van der Waals surface area contributed by atoms with Crippen LogP contribution in [0.2, 0.25) is 5.02 Å². The number of rotatable bonds is 4. The van der Waals surface area contributed by atoms with Crippen molar-refractivity contribution in [1.29, 1.82) is 0 Å². The summed E-state index contributed by atoms with van der Waals surface area (Å²) < 4.78 is 5.22. The number of halogens is 1. The number of hydrogen-bond acceptors (Lipinski definition) is 2. The van der Waals surface area contributed by atoms with Gasteiger partial charge in [-0.2, -0.15) is 0 Å². The standard InChI is InChI=1S/C15H16ClNO2/c1-3-19-14(18)15(2,13-8-5-9-17-13)11-6-4-7-12(16)10-11/h4-10,17H,3H2,1-2H3. The summed E-state index contributed by atoms with van der Waals surface area (Å²) in [5.74, 6) is -0.292. The molecular weight excluding hydrogens is 262 g/mol. The van der Waals surface area contributed by atoms with E-state index in [1.54, 1.807) is 25.3 Å². The Balaban J connectivity index is 2.54. The van der Waals surface area contributed by atoms with Crippen LogP contribution in [-0.2, 0) is 14.9 Å². The van der Waals surface area contributed by atoms with Crippen molar-refractivity contribution < 1.29 is 9.53 Å². The topological polar surface area (TPSA) is 42.1 Å². The van der Waals surface area contributed by atoms with Crippen LogP contribution in [0.5, 0.6) is 0 Å². The van der Waals surface area contributed by atoms with Crippen molar-refractivity contribution in [2.24, 2.45) is 0 Å². The lowest BCUT2D eigenvalue weighted by molar-refractivity contribution is -0.147. The minimum absolute atomic E-state index is 0.292. The Morgan fingerprint density at radius 2 is 2.16 bits per heavy atom. The Hall–Kier alpha value is -1.74. The molecule has 1 N–H and O–H groups in total. The van der Waals surface area contributed by atoms with Gasteiger partial charge in [0.15, 0.2) is 0 Å². The molecule has 1 heterocycles. The molecule has 0 radical (unpaired) electrons. The quantitative estimate of drug-likeness (QED) is 0.869. The molecule has 0 aliphatic heterocycles. The molecule has 2 rings (SSSR count). The third-order valence-corrected chi connectivity index (χ3v) is 3.46. The second kappa shape index (κ2) is 5.49. The van der Waals surface area contributed by atoms with Gasteiger partial charge in [-0.15, -0.1) is 0 Å². The molecule has 0 aliphatic carbocycles. The van der Waals surface area contributed by atoms with E-state index in [9.17, 15) is 4.79 Å². The van der Waals surface area contributed by atoms with Crippen LogP contribution < -0.4 is 0 Å². The van der Waals surface area contributed by atoms with E-state index in [-0.39, 0.29) is 5.97 Å². The van der Waals surface area contributed by atoms with E-state index in [0.717, 1.165) is 11.3 Å². The SMILES string of the molecule is CCOC(=O)C(C)(c1cccc(Cl)c1)c1ccc[nH]1. The molecule has 19 heavy (non-hydrogen) atoms. The monoisotopic (exact) mass is 277 g/mol. The molecule has 1 atom stereocenters. The first-order valence-electron chi connectivity index (χ1n) is 6.16. The fourth-order valence-corrected chi connectivity index (χ4v) is 2.29. The van der Waals surface area contributed by atoms with Gasteiger partial charge in [0, 0.05) is 16.9 Å². The molecular formula is C15H16ClNO2. The number of carbonyl (C=O) groups excluding carboxylic acids is 1. The van der Waals surface area contributed by atoms with Gasteiger partial charge in [-0.3, -0.25) is 4.79 Å². The number of benzene rings is 1. The highest BCUT2D eigenvalue weighted by Crippen LogP contribution is 2.33. The minimum Gasteiger partial charge on any atom is -0.465 e. The van der Waals surface area contributed by atoms with Crippen LogP contribution in [-0.4, -0.2) is 17.6 Å². The van der Waals surface area contributed by atoms with Crippen LogP contribution in [0.25, 0.3) is 0 Å². The predicted octanol–water partition coefficient (Wildman–Crippen LogP) is 3.54. The largest absolute Gasteiger partial charge is 0.465 e. The number of esters is 1.